The van der Waals surface area contributed by atoms with Crippen molar-refractivity contribution in [2.75, 3.05) is 18.4 Å². The lowest BCUT2D eigenvalue weighted by Crippen LogP contribution is -2.54. The first-order chi connectivity index (χ1) is 20.8. The number of alkyl halides is 6. The van der Waals surface area contributed by atoms with Crippen molar-refractivity contribution >= 4 is 36.0 Å². The van der Waals surface area contributed by atoms with Crippen LogP contribution < -0.4 is 33.3 Å². The highest BCUT2D eigenvalue weighted by Gasteiger charge is 2.34. The van der Waals surface area contributed by atoms with Gasteiger partial charge in [-0.25, -0.2) is 0 Å². The van der Waals surface area contributed by atoms with E-state index in [-0.39, 0.29) is 49.5 Å². The molecule has 1 aliphatic heterocycles. The number of hydrogen-bond acceptors (Lipinski definition) is 8. The van der Waals surface area contributed by atoms with Crippen LogP contribution in [0.1, 0.15) is 36.0 Å². The van der Waals surface area contributed by atoms with Gasteiger partial charge in [-0.3, -0.25) is 14.4 Å². The van der Waals surface area contributed by atoms with Crippen molar-refractivity contribution < 1.29 is 50.8 Å². The molecule has 0 radical (unpaired) electrons. The van der Waals surface area contributed by atoms with E-state index < -0.39 is 72.1 Å². The quantitative estimate of drug-likeness (QED) is 0.139. The number of likely N-dealkylation sites (tertiary alicyclic amines) is 1. The number of anilines is 1. The van der Waals surface area contributed by atoms with Gasteiger partial charge in [-0.05, 0) is 48.1 Å². The largest absolute Gasteiger partial charge is 0.488 e. The van der Waals surface area contributed by atoms with Gasteiger partial charge in [0.25, 0.3) is 0 Å². The number of halogens is 6. The van der Waals surface area contributed by atoms with Gasteiger partial charge in [0.1, 0.15) is 6.04 Å². The molecule has 3 amide bonds. The fourth-order valence-corrected chi connectivity index (χ4v) is 4.77. The Morgan fingerprint density at radius 2 is 1.49 bits per heavy atom. The first-order valence-corrected chi connectivity index (χ1v) is 13.7. The third-order valence-electron chi connectivity index (χ3n) is 7.08. The maximum Gasteiger partial charge on any atom is 0.488 e. The first-order valence-electron chi connectivity index (χ1n) is 13.7. The summed E-state index contributed by atoms with van der Waals surface area (Å²) in [5.41, 5.74) is 14.5. The summed E-state index contributed by atoms with van der Waals surface area (Å²) in [6.45, 7) is 0.543. The summed E-state index contributed by atoms with van der Waals surface area (Å²) in [4.78, 5) is 40.3. The summed E-state index contributed by atoms with van der Waals surface area (Å²) in [6.07, 6.45) is -9.76. The molecule has 4 unspecified atom stereocenters. The zero-order valence-corrected chi connectivity index (χ0v) is 23.7. The van der Waals surface area contributed by atoms with Gasteiger partial charge in [0.05, 0.1) is 17.2 Å². The molecule has 1 saturated heterocycles. The minimum absolute atomic E-state index is 0.153. The lowest BCUT2D eigenvalue weighted by atomic mass is 9.79. The second kappa shape index (κ2) is 14.6. The highest BCUT2D eigenvalue weighted by molar-refractivity contribution is 6.58. The van der Waals surface area contributed by atoms with Crippen molar-refractivity contribution in [1.82, 2.24) is 10.2 Å². The molecule has 4 atom stereocenters. The molecule has 1 heterocycles. The molecule has 0 aliphatic carbocycles. The molecule has 0 spiro atoms. The molecule has 10 N–H and O–H groups in total. The summed E-state index contributed by atoms with van der Waals surface area (Å²) >= 11 is 0. The van der Waals surface area contributed by atoms with Crippen LogP contribution in [0.25, 0.3) is 0 Å². The van der Waals surface area contributed by atoms with Gasteiger partial charge in [0, 0.05) is 43.7 Å². The standard InChI is InChI=1S/C27H33BF6N6O5/c29-26(30,31)15-3-1-14(2-4-15)7-22(25(43)38-20-9-16(27(32,33)34)8-17(10-20)28(44)45)39-24(42)21(37)5-6-23(41)40-12-18(35)11-19(36)13-40/h1-4,8-10,18-19,21-22,44-45H,5-7,11-13,35-37H2,(H,38,43)(H,39,42). The summed E-state index contributed by atoms with van der Waals surface area (Å²) in [6, 6.07) is 1.97. The minimum atomic E-state index is -4.92. The average Bonchev–Trinajstić information content (AvgIpc) is 2.93. The number of hydrogen-bond donors (Lipinski definition) is 7. The van der Waals surface area contributed by atoms with Crippen LogP contribution in [-0.4, -0.2) is 77.0 Å². The number of nitrogens with zero attached hydrogens (tertiary/aromatic N) is 1. The van der Waals surface area contributed by atoms with Crippen molar-refractivity contribution in [3.05, 3.63) is 59.2 Å². The van der Waals surface area contributed by atoms with Crippen molar-refractivity contribution in [1.29, 1.82) is 0 Å². The molecule has 2 aromatic carbocycles. The first kappa shape index (κ1) is 35.8. The molecular weight excluding hydrogens is 613 g/mol. The molecule has 45 heavy (non-hydrogen) atoms. The Balaban J connectivity index is 1.78. The van der Waals surface area contributed by atoms with Gasteiger partial charge >= 0.3 is 19.5 Å². The van der Waals surface area contributed by atoms with Crippen LogP contribution in [0.3, 0.4) is 0 Å². The zero-order chi connectivity index (χ0) is 33.7. The Bertz CT molecular complexity index is 1350. The average molecular weight is 646 g/mol. The van der Waals surface area contributed by atoms with Crippen molar-refractivity contribution in [2.45, 2.75) is 62.2 Å². The van der Waals surface area contributed by atoms with Crippen LogP contribution in [0.5, 0.6) is 0 Å². The predicted molar refractivity (Wildman–Crippen MR) is 151 cm³/mol. The van der Waals surface area contributed by atoms with Crippen molar-refractivity contribution in [2.24, 2.45) is 17.2 Å². The second-order valence-corrected chi connectivity index (χ2v) is 10.9. The number of piperidine rings is 1. The maximum absolute atomic E-state index is 13.4. The Hall–Kier alpha value is -3.71. The minimum Gasteiger partial charge on any atom is -0.423 e. The molecule has 3 rings (SSSR count). The Morgan fingerprint density at radius 3 is 2.02 bits per heavy atom. The second-order valence-electron chi connectivity index (χ2n) is 10.9. The topological polar surface area (TPSA) is 197 Å². The lowest BCUT2D eigenvalue weighted by Gasteiger charge is -2.34. The van der Waals surface area contributed by atoms with E-state index in [0.29, 0.717) is 18.6 Å². The molecule has 246 valence electrons. The fourth-order valence-electron chi connectivity index (χ4n) is 4.77. The zero-order valence-electron chi connectivity index (χ0n) is 23.7. The number of amides is 3. The molecule has 11 nitrogen and oxygen atoms in total. The number of nitrogens with one attached hydrogen (secondary N) is 2. The van der Waals surface area contributed by atoms with E-state index >= 15 is 0 Å². The predicted octanol–water partition coefficient (Wildman–Crippen LogP) is 0.0644. The number of nitrogens with two attached hydrogens (primary N) is 3. The summed E-state index contributed by atoms with van der Waals surface area (Å²) in [5.74, 6) is -2.35. The molecule has 0 aromatic heterocycles. The van der Waals surface area contributed by atoms with E-state index in [1.54, 1.807) is 0 Å². The number of carbonyl (C=O) groups is 3. The lowest BCUT2D eigenvalue weighted by molar-refractivity contribution is -0.138. The van der Waals surface area contributed by atoms with E-state index in [1.807, 2.05) is 0 Å². The molecule has 18 heteroatoms. The van der Waals surface area contributed by atoms with Crippen LogP contribution in [0.15, 0.2) is 42.5 Å². The molecular formula is C27H33BF6N6O5. The monoisotopic (exact) mass is 646 g/mol. The summed E-state index contributed by atoms with van der Waals surface area (Å²) < 4.78 is 79.2. The molecule has 1 fully saturated rings. The van der Waals surface area contributed by atoms with E-state index in [1.165, 1.54) is 4.90 Å². The van der Waals surface area contributed by atoms with Gasteiger partial charge in [-0.15, -0.1) is 0 Å². The Labute approximate surface area is 254 Å². The molecule has 0 saturated carbocycles. The number of carbonyl (C=O) groups excluding carboxylic acids is 3. The smallest absolute Gasteiger partial charge is 0.423 e. The third kappa shape index (κ3) is 10.4. The van der Waals surface area contributed by atoms with E-state index in [4.69, 9.17) is 17.2 Å². The van der Waals surface area contributed by atoms with Gasteiger partial charge in [-0.1, -0.05) is 18.2 Å². The molecule has 0 bridgehead atoms. The van der Waals surface area contributed by atoms with E-state index in [0.717, 1.165) is 30.3 Å². The van der Waals surface area contributed by atoms with E-state index in [2.05, 4.69) is 10.6 Å². The van der Waals surface area contributed by atoms with Crippen LogP contribution in [-0.2, 0) is 33.2 Å². The van der Waals surface area contributed by atoms with Crippen LogP contribution >= 0.6 is 0 Å². The molecule has 1 aliphatic rings. The highest BCUT2D eigenvalue weighted by Crippen LogP contribution is 2.31. The Kier molecular flexibility index (Phi) is 11.6. The fraction of sp³-hybridized carbons (Fsp3) is 0.444. The highest BCUT2D eigenvalue weighted by atomic mass is 19.4. The van der Waals surface area contributed by atoms with Gasteiger partial charge in [0.2, 0.25) is 17.7 Å². The van der Waals surface area contributed by atoms with Gasteiger partial charge in [-0.2, -0.15) is 26.3 Å². The van der Waals surface area contributed by atoms with Crippen LogP contribution in [0.2, 0.25) is 0 Å². The van der Waals surface area contributed by atoms with Crippen molar-refractivity contribution in [3.63, 3.8) is 0 Å². The van der Waals surface area contributed by atoms with Crippen LogP contribution in [0.4, 0.5) is 32.0 Å². The summed E-state index contributed by atoms with van der Waals surface area (Å²) in [7, 11) is -2.32. The third-order valence-corrected chi connectivity index (χ3v) is 7.08. The normalized spacial score (nSPS) is 18.6. The number of rotatable bonds is 10. The summed E-state index contributed by atoms with van der Waals surface area (Å²) in [5, 5.41) is 23.4. The SMILES string of the molecule is NC1CC(N)CN(C(=O)CCC(N)C(=O)NC(Cc2ccc(C(F)(F)F)cc2)C(=O)Nc2cc(B(O)O)cc(C(F)(F)F)c2)C1. The van der Waals surface area contributed by atoms with Crippen molar-refractivity contribution in [3.8, 4) is 0 Å². The number of benzene rings is 2. The van der Waals surface area contributed by atoms with Gasteiger partial charge in [0.15, 0.2) is 0 Å². The molecule has 2 aromatic rings. The van der Waals surface area contributed by atoms with Crippen LogP contribution in [0, 0.1) is 0 Å². The Morgan fingerprint density at radius 1 is 0.911 bits per heavy atom. The van der Waals surface area contributed by atoms with Gasteiger partial charge < -0.3 is 42.8 Å². The maximum atomic E-state index is 13.4. The van der Waals surface area contributed by atoms with E-state index in [9.17, 15) is 50.8 Å².